The third kappa shape index (κ3) is 2.29. The normalized spacial score (nSPS) is 16.9. The van der Waals surface area contributed by atoms with Crippen LogP contribution >= 0.6 is 0 Å². The average molecular weight is 289 g/mol. The fourth-order valence-electron chi connectivity index (χ4n) is 3.07. The zero-order valence-corrected chi connectivity index (χ0v) is 12.7. The van der Waals surface area contributed by atoms with Gasteiger partial charge in [-0.1, -0.05) is 60.2 Å². The lowest BCUT2D eigenvalue weighted by atomic mass is 10.0. The summed E-state index contributed by atoms with van der Waals surface area (Å²) >= 11 is 0. The Morgan fingerprint density at radius 2 is 1.82 bits per heavy atom. The Kier molecular flexibility index (Phi) is 3.19. The van der Waals surface area contributed by atoms with Crippen molar-refractivity contribution in [2.75, 3.05) is 11.9 Å². The lowest BCUT2D eigenvalue weighted by Crippen LogP contribution is -2.24. The Labute approximate surface area is 130 Å². The first-order chi connectivity index (χ1) is 10.8. The van der Waals surface area contributed by atoms with Crippen molar-refractivity contribution in [1.29, 1.82) is 0 Å². The van der Waals surface area contributed by atoms with Crippen molar-refractivity contribution in [3.05, 3.63) is 71.8 Å². The molecule has 2 aromatic carbocycles. The van der Waals surface area contributed by atoms with Crippen LogP contribution < -0.4 is 5.32 Å². The standard InChI is InChI=1S/C19H19N3/c1-14-7-9-16(10-8-14)18-11-12-20-19-13-17(21-22(18)19)15-5-3-2-4-6-15/h2-10,13,18,20H,11-12H2,1H3. The summed E-state index contributed by atoms with van der Waals surface area (Å²) in [6.45, 7) is 3.11. The van der Waals surface area contributed by atoms with E-state index >= 15 is 0 Å². The van der Waals surface area contributed by atoms with Gasteiger partial charge in [-0.2, -0.15) is 5.10 Å². The topological polar surface area (TPSA) is 29.9 Å². The first kappa shape index (κ1) is 13.1. The minimum absolute atomic E-state index is 0.314. The molecular formula is C19H19N3. The van der Waals surface area contributed by atoms with Crippen LogP contribution in [0.25, 0.3) is 11.3 Å². The zero-order chi connectivity index (χ0) is 14.9. The van der Waals surface area contributed by atoms with Gasteiger partial charge in [-0.3, -0.25) is 0 Å². The predicted molar refractivity (Wildman–Crippen MR) is 90.1 cm³/mol. The van der Waals surface area contributed by atoms with Gasteiger partial charge in [0, 0.05) is 18.2 Å². The SMILES string of the molecule is Cc1ccc(C2CCNc3cc(-c4ccccc4)nn32)cc1. The maximum absolute atomic E-state index is 4.86. The quantitative estimate of drug-likeness (QED) is 0.763. The van der Waals surface area contributed by atoms with Crippen LogP contribution in [0.1, 0.15) is 23.6 Å². The van der Waals surface area contributed by atoms with Crippen LogP contribution in [0.2, 0.25) is 0 Å². The Morgan fingerprint density at radius 1 is 1.05 bits per heavy atom. The van der Waals surface area contributed by atoms with Crippen LogP contribution in [-0.4, -0.2) is 16.3 Å². The van der Waals surface area contributed by atoms with Gasteiger partial charge < -0.3 is 5.32 Å². The molecule has 0 aliphatic carbocycles. The summed E-state index contributed by atoms with van der Waals surface area (Å²) in [7, 11) is 0. The van der Waals surface area contributed by atoms with E-state index in [1.807, 2.05) is 6.07 Å². The van der Waals surface area contributed by atoms with Gasteiger partial charge in [0.05, 0.1) is 11.7 Å². The molecule has 3 aromatic rings. The van der Waals surface area contributed by atoms with Crippen LogP contribution in [0.15, 0.2) is 60.7 Å². The maximum Gasteiger partial charge on any atom is 0.125 e. The maximum atomic E-state index is 4.86. The molecule has 0 radical (unpaired) electrons. The molecule has 1 aliphatic heterocycles. The van der Waals surface area contributed by atoms with Gasteiger partial charge in [-0.15, -0.1) is 0 Å². The number of nitrogens with zero attached hydrogens (tertiary/aromatic N) is 2. The van der Waals surface area contributed by atoms with Crippen LogP contribution in [0.3, 0.4) is 0 Å². The average Bonchev–Trinajstić information content (AvgIpc) is 3.01. The van der Waals surface area contributed by atoms with Crippen molar-refractivity contribution >= 4 is 5.82 Å². The molecule has 0 spiro atoms. The molecule has 0 saturated carbocycles. The zero-order valence-electron chi connectivity index (χ0n) is 12.7. The molecule has 0 saturated heterocycles. The van der Waals surface area contributed by atoms with E-state index in [1.54, 1.807) is 0 Å². The molecular weight excluding hydrogens is 270 g/mol. The molecule has 0 bridgehead atoms. The Hall–Kier alpha value is -2.55. The van der Waals surface area contributed by atoms with Gasteiger partial charge in [0.2, 0.25) is 0 Å². The van der Waals surface area contributed by atoms with Crippen molar-refractivity contribution in [2.24, 2.45) is 0 Å². The Morgan fingerprint density at radius 3 is 2.59 bits per heavy atom. The highest BCUT2D eigenvalue weighted by atomic mass is 15.4. The highest BCUT2D eigenvalue weighted by molar-refractivity contribution is 5.63. The van der Waals surface area contributed by atoms with Gasteiger partial charge in [-0.05, 0) is 18.9 Å². The number of nitrogens with one attached hydrogen (secondary N) is 1. The molecule has 1 unspecified atom stereocenters. The van der Waals surface area contributed by atoms with Gasteiger partial charge in [0.1, 0.15) is 5.82 Å². The van der Waals surface area contributed by atoms with E-state index in [1.165, 1.54) is 11.1 Å². The molecule has 1 atom stereocenters. The summed E-state index contributed by atoms with van der Waals surface area (Å²) in [6.07, 6.45) is 1.06. The molecule has 1 aromatic heterocycles. The van der Waals surface area contributed by atoms with Gasteiger partial charge in [0.15, 0.2) is 0 Å². The third-order valence-corrected chi connectivity index (χ3v) is 4.29. The van der Waals surface area contributed by atoms with E-state index in [2.05, 4.69) is 71.5 Å². The van der Waals surface area contributed by atoms with Crippen molar-refractivity contribution < 1.29 is 0 Å². The number of aryl methyl sites for hydroxylation is 1. The van der Waals surface area contributed by atoms with Crippen LogP contribution in [-0.2, 0) is 0 Å². The second-order valence-electron chi connectivity index (χ2n) is 5.87. The molecule has 3 nitrogen and oxygen atoms in total. The molecule has 2 heterocycles. The van der Waals surface area contributed by atoms with E-state index in [9.17, 15) is 0 Å². The number of fused-ring (bicyclic) bond motifs is 1. The summed E-state index contributed by atoms with van der Waals surface area (Å²) in [5, 5.41) is 8.32. The molecule has 1 aliphatic rings. The lowest BCUT2D eigenvalue weighted by Gasteiger charge is -2.26. The number of aromatic nitrogens is 2. The largest absolute Gasteiger partial charge is 0.370 e. The number of anilines is 1. The predicted octanol–water partition coefficient (Wildman–Crippen LogP) is 4.26. The molecule has 0 amide bonds. The van der Waals surface area contributed by atoms with Crippen LogP contribution in [0, 0.1) is 6.92 Å². The minimum Gasteiger partial charge on any atom is -0.370 e. The van der Waals surface area contributed by atoms with Crippen LogP contribution in [0.5, 0.6) is 0 Å². The molecule has 22 heavy (non-hydrogen) atoms. The number of hydrogen-bond donors (Lipinski definition) is 1. The summed E-state index contributed by atoms with van der Waals surface area (Å²) in [6, 6.07) is 21.6. The van der Waals surface area contributed by atoms with E-state index < -0.39 is 0 Å². The fourth-order valence-corrected chi connectivity index (χ4v) is 3.07. The highest BCUT2D eigenvalue weighted by Crippen LogP contribution is 2.32. The smallest absolute Gasteiger partial charge is 0.125 e. The monoisotopic (exact) mass is 289 g/mol. The molecule has 110 valence electrons. The summed E-state index contributed by atoms with van der Waals surface area (Å²) in [4.78, 5) is 0. The second kappa shape index (κ2) is 5.34. The first-order valence-electron chi connectivity index (χ1n) is 7.77. The number of benzene rings is 2. The Balaban J connectivity index is 1.75. The van der Waals surface area contributed by atoms with E-state index in [0.29, 0.717) is 6.04 Å². The van der Waals surface area contributed by atoms with E-state index in [-0.39, 0.29) is 0 Å². The van der Waals surface area contributed by atoms with E-state index in [4.69, 9.17) is 5.10 Å². The number of hydrogen-bond acceptors (Lipinski definition) is 2. The van der Waals surface area contributed by atoms with Gasteiger partial charge >= 0.3 is 0 Å². The summed E-state index contributed by atoms with van der Waals surface area (Å²) < 4.78 is 2.14. The van der Waals surface area contributed by atoms with Crippen molar-refractivity contribution in [2.45, 2.75) is 19.4 Å². The highest BCUT2D eigenvalue weighted by Gasteiger charge is 2.23. The minimum atomic E-state index is 0.314. The molecule has 3 heteroatoms. The first-order valence-corrected chi connectivity index (χ1v) is 7.77. The number of rotatable bonds is 2. The molecule has 1 N–H and O–H groups in total. The van der Waals surface area contributed by atoms with Gasteiger partial charge in [-0.25, -0.2) is 4.68 Å². The third-order valence-electron chi connectivity index (χ3n) is 4.29. The summed E-state index contributed by atoms with van der Waals surface area (Å²) in [5.74, 6) is 1.11. The second-order valence-corrected chi connectivity index (χ2v) is 5.87. The van der Waals surface area contributed by atoms with Crippen LogP contribution in [0.4, 0.5) is 5.82 Å². The summed E-state index contributed by atoms with van der Waals surface area (Å²) in [5.41, 5.74) is 4.82. The fraction of sp³-hybridized carbons (Fsp3) is 0.211. The van der Waals surface area contributed by atoms with Crippen molar-refractivity contribution in [3.63, 3.8) is 0 Å². The van der Waals surface area contributed by atoms with Crippen molar-refractivity contribution in [3.8, 4) is 11.3 Å². The molecule has 0 fully saturated rings. The van der Waals surface area contributed by atoms with Crippen molar-refractivity contribution in [1.82, 2.24) is 9.78 Å². The van der Waals surface area contributed by atoms with E-state index in [0.717, 1.165) is 30.0 Å². The lowest BCUT2D eigenvalue weighted by molar-refractivity contribution is 0.483. The molecule has 4 rings (SSSR count). The Bertz CT molecular complexity index is 772. The van der Waals surface area contributed by atoms with Gasteiger partial charge in [0.25, 0.3) is 0 Å².